The third-order valence-corrected chi connectivity index (χ3v) is 1.03. The first-order valence-electron chi connectivity index (χ1n) is 4.07. The lowest BCUT2D eigenvalue weighted by Gasteiger charge is -2.12. The molecule has 0 aliphatic rings. The number of hydrogen-bond acceptors (Lipinski definition) is 3. The molecule has 0 aliphatic carbocycles. The predicted molar refractivity (Wildman–Crippen MR) is 47.5 cm³/mol. The van der Waals surface area contributed by atoms with Crippen LogP contribution in [0, 0.1) is 5.92 Å². The normalized spacial score (nSPS) is 10.8. The lowest BCUT2D eigenvalue weighted by molar-refractivity contribution is -0.129. The van der Waals surface area contributed by atoms with Crippen molar-refractivity contribution in [2.24, 2.45) is 5.92 Å². The van der Waals surface area contributed by atoms with E-state index in [0.29, 0.717) is 12.5 Å². The predicted octanol–water partition coefficient (Wildman–Crippen LogP) is 0.252. The van der Waals surface area contributed by atoms with Crippen molar-refractivity contribution < 1.29 is 9.53 Å². The van der Waals surface area contributed by atoms with Gasteiger partial charge in [0.25, 0.3) is 5.91 Å². The highest BCUT2D eigenvalue weighted by Crippen LogP contribution is 1.91. The van der Waals surface area contributed by atoms with Crippen molar-refractivity contribution in [1.29, 1.82) is 0 Å². The lowest BCUT2D eigenvalue weighted by Crippen LogP contribution is -2.38. The molecule has 4 heteroatoms. The Morgan fingerprint density at radius 2 is 2.08 bits per heavy atom. The zero-order chi connectivity index (χ0) is 9.56. The highest BCUT2D eigenvalue weighted by Gasteiger charge is 2.02. The van der Waals surface area contributed by atoms with Crippen molar-refractivity contribution in [3.05, 3.63) is 0 Å². The second-order valence-electron chi connectivity index (χ2n) is 3.34. The Morgan fingerprint density at radius 3 is 2.50 bits per heavy atom. The van der Waals surface area contributed by atoms with Gasteiger partial charge in [-0.2, -0.15) is 0 Å². The van der Waals surface area contributed by atoms with E-state index in [0.717, 1.165) is 0 Å². The molecule has 0 saturated heterocycles. The Hall–Kier alpha value is -0.610. The van der Waals surface area contributed by atoms with Crippen molar-refractivity contribution >= 4 is 5.91 Å². The summed E-state index contributed by atoms with van der Waals surface area (Å²) in [6.07, 6.45) is 0. The molecule has 0 aromatic carbocycles. The Kier molecular flexibility index (Phi) is 5.66. The molecular formula is C8H18N2O2. The molecule has 1 N–H and O–H groups in total. The Bertz CT molecular complexity index is 135. The topological polar surface area (TPSA) is 41.6 Å². The number of amides is 1. The molecule has 72 valence electrons. The molecule has 0 unspecified atom stereocenters. The number of nitrogens with one attached hydrogen (secondary N) is 1. The first-order valence-corrected chi connectivity index (χ1v) is 4.07. The summed E-state index contributed by atoms with van der Waals surface area (Å²) in [4.78, 5) is 11.0. The fraction of sp³-hybridized carbons (Fsp3) is 0.875. The fourth-order valence-corrected chi connectivity index (χ4v) is 0.669. The maximum Gasteiger partial charge on any atom is 0.260 e. The minimum absolute atomic E-state index is 0.111. The van der Waals surface area contributed by atoms with Crippen molar-refractivity contribution in [3.8, 4) is 0 Å². The third-order valence-electron chi connectivity index (χ3n) is 1.03. The fourth-order valence-electron chi connectivity index (χ4n) is 0.669. The van der Waals surface area contributed by atoms with Crippen LogP contribution in [0.3, 0.4) is 0 Å². The number of nitrogens with zero attached hydrogens (tertiary/aromatic N) is 1. The average molecular weight is 174 g/mol. The summed E-state index contributed by atoms with van der Waals surface area (Å²) < 4.78 is 5.12. The smallest absolute Gasteiger partial charge is 0.260 e. The van der Waals surface area contributed by atoms with Crippen LogP contribution in [0.15, 0.2) is 0 Å². The summed E-state index contributed by atoms with van der Waals surface area (Å²) in [5.41, 5.74) is 2.59. The molecule has 0 aliphatic heterocycles. The van der Waals surface area contributed by atoms with Crippen LogP contribution in [0.4, 0.5) is 0 Å². The van der Waals surface area contributed by atoms with Gasteiger partial charge in [0.15, 0.2) is 0 Å². The number of carbonyl (C=O) groups excluding carboxylic acids is 1. The quantitative estimate of drug-likeness (QED) is 0.607. The SMILES string of the molecule is CC(C)COCC(=O)NN(C)C. The molecular weight excluding hydrogens is 156 g/mol. The van der Waals surface area contributed by atoms with Crippen molar-refractivity contribution in [3.63, 3.8) is 0 Å². The molecule has 0 radical (unpaired) electrons. The second kappa shape index (κ2) is 5.97. The van der Waals surface area contributed by atoms with E-state index >= 15 is 0 Å². The minimum Gasteiger partial charge on any atom is -0.371 e. The van der Waals surface area contributed by atoms with Gasteiger partial charge in [-0.1, -0.05) is 13.8 Å². The molecule has 0 rings (SSSR count). The van der Waals surface area contributed by atoms with E-state index in [1.165, 1.54) is 0 Å². The molecule has 0 aromatic rings. The monoisotopic (exact) mass is 174 g/mol. The van der Waals surface area contributed by atoms with E-state index in [1.807, 2.05) is 13.8 Å². The van der Waals surface area contributed by atoms with E-state index in [1.54, 1.807) is 19.1 Å². The Labute approximate surface area is 73.8 Å². The number of hydrazine groups is 1. The van der Waals surface area contributed by atoms with Crippen LogP contribution in [0.5, 0.6) is 0 Å². The molecule has 0 bridgehead atoms. The summed E-state index contributed by atoms with van der Waals surface area (Å²) in [5, 5.41) is 1.60. The van der Waals surface area contributed by atoms with Gasteiger partial charge < -0.3 is 4.74 Å². The van der Waals surface area contributed by atoms with E-state index in [9.17, 15) is 4.79 Å². The largest absolute Gasteiger partial charge is 0.371 e. The van der Waals surface area contributed by atoms with Crippen LogP contribution in [-0.4, -0.2) is 38.2 Å². The number of carbonyl (C=O) groups is 1. The zero-order valence-corrected chi connectivity index (χ0v) is 8.26. The molecule has 12 heavy (non-hydrogen) atoms. The van der Waals surface area contributed by atoms with Gasteiger partial charge in [0.2, 0.25) is 0 Å². The van der Waals surface area contributed by atoms with Crippen LogP contribution in [0.1, 0.15) is 13.8 Å². The summed E-state index contributed by atoms with van der Waals surface area (Å²) in [7, 11) is 3.53. The molecule has 0 saturated carbocycles. The molecule has 1 amide bonds. The number of ether oxygens (including phenoxy) is 1. The van der Waals surface area contributed by atoms with Crippen LogP contribution in [0.25, 0.3) is 0 Å². The highest BCUT2D eigenvalue weighted by molar-refractivity contribution is 5.76. The van der Waals surface area contributed by atoms with Crippen molar-refractivity contribution in [2.75, 3.05) is 27.3 Å². The summed E-state index contributed by atoms with van der Waals surface area (Å²) in [5.74, 6) is 0.359. The Balaban J connectivity index is 3.32. The van der Waals surface area contributed by atoms with E-state index in [-0.39, 0.29) is 12.5 Å². The standard InChI is InChI=1S/C8H18N2O2/c1-7(2)5-12-6-8(11)9-10(3)4/h7H,5-6H2,1-4H3,(H,9,11). The molecule has 0 atom stereocenters. The van der Waals surface area contributed by atoms with Crippen molar-refractivity contribution in [2.45, 2.75) is 13.8 Å². The van der Waals surface area contributed by atoms with Gasteiger partial charge in [-0.25, -0.2) is 5.01 Å². The van der Waals surface area contributed by atoms with Gasteiger partial charge in [0.05, 0.1) is 0 Å². The number of rotatable bonds is 5. The number of hydrogen-bond donors (Lipinski definition) is 1. The van der Waals surface area contributed by atoms with Gasteiger partial charge in [0.1, 0.15) is 6.61 Å². The van der Waals surface area contributed by atoms with E-state index in [2.05, 4.69) is 5.43 Å². The van der Waals surface area contributed by atoms with Crippen LogP contribution in [-0.2, 0) is 9.53 Å². The molecule has 0 fully saturated rings. The molecule has 0 heterocycles. The van der Waals surface area contributed by atoms with Crippen LogP contribution in [0.2, 0.25) is 0 Å². The van der Waals surface area contributed by atoms with Gasteiger partial charge in [-0.15, -0.1) is 0 Å². The van der Waals surface area contributed by atoms with Gasteiger partial charge in [0, 0.05) is 20.7 Å². The maximum absolute atomic E-state index is 11.0. The zero-order valence-electron chi connectivity index (χ0n) is 8.26. The second-order valence-corrected chi connectivity index (χ2v) is 3.34. The first-order chi connectivity index (χ1) is 5.52. The van der Waals surface area contributed by atoms with Crippen LogP contribution < -0.4 is 5.43 Å². The van der Waals surface area contributed by atoms with Gasteiger partial charge >= 0.3 is 0 Å². The van der Waals surface area contributed by atoms with Gasteiger partial charge in [-0.05, 0) is 5.92 Å². The minimum atomic E-state index is -0.111. The van der Waals surface area contributed by atoms with E-state index in [4.69, 9.17) is 4.74 Å². The van der Waals surface area contributed by atoms with E-state index < -0.39 is 0 Å². The van der Waals surface area contributed by atoms with Crippen LogP contribution >= 0.6 is 0 Å². The van der Waals surface area contributed by atoms with Gasteiger partial charge in [-0.3, -0.25) is 10.2 Å². The van der Waals surface area contributed by atoms with Crippen molar-refractivity contribution in [1.82, 2.24) is 10.4 Å². The lowest BCUT2D eigenvalue weighted by atomic mass is 10.2. The summed E-state index contributed by atoms with van der Waals surface area (Å²) in [6, 6.07) is 0. The maximum atomic E-state index is 11.0. The molecule has 0 spiro atoms. The third kappa shape index (κ3) is 7.50. The first kappa shape index (κ1) is 11.4. The molecule has 4 nitrogen and oxygen atoms in total. The average Bonchev–Trinajstić information content (AvgIpc) is 1.84. The summed E-state index contributed by atoms with van der Waals surface area (Å²) >= 11 is 0. The summed E-state index contributed by atoms with van der Waals surface area (Å²) in [6.45, 7) is 4.85. The molecule has 0 aromatic heterocycles. The Morgan fingerprint density at radius 1 is 1.50 bits per heavy atom. The highest BCUT2D eigenvalue weighted by atomic mass is 16.5.